The maximum atomic E-state index is 12.2. The number of carbonyl (C=O) groups is 2. The van der Waals surface area contributed by atoms with Crippen molar-refractivity contribution in [3.05, 3.63) is 23.8 Å². The monoisotopic (exact) mass is 338 g/mol. The van der Waals surface area contributed by atoms with Gasteiger partial charge in [0, 0.05) is 0 Å². The third-order valence-electron chi connectivity index (χ3n) is 4.50. The average Bonchev–Trinajstić information content (AvgIpc) is 2.52. The van der Waals surface area contributed by atoms with Crippen molar-refractivity contribution >= 4 is 11.9 Å². The number of benzene rings is 1. The van der Waals surface area contributed by atoms with Crippen LogP contribution in [0.2, 0.25) is 0 Å². The summed E-state index contributed by atoms with van der Waals surface area (Å²) >= 11 is 0. The normalized spacial score (nSPS) is 14.8. The van der Waals surface area contributed by atoms with E-state index in [1.807, 2.05) is 6.92 Å². The van der Waals surface area contributed by atoms with Gasteiger partial charge >= 0.3 is 5.97 Å². The Labute approximate surface area is 141 Å². The van der Waals surface area contributed by atoms with E-state index in [2.05, 4.69) is 0 Å². The SMILES string of the molecule is CCCCC(CCN)(C(N)=O)C(Cc1ccc(O)c(O)c1)C(=O)O. The molecule has 0 aliphatic heterocycles. The number of phenols is 2. The van der Waals surface area contributed by atoms with Crippen molar-refractivity contribution in [1.29, 1.82) is 0 Å². The van der Waals surface area contributed by atoms with Crippen LogP contribution in [-0.4, -0.2) is 33.7 Å². The molecule has 134 valence electrons. The van der Waals surface area contributed by atoms with E-state index in [1.54, 1.807) is 0 Å². The molecule has 2 unspecified atom stereocenters. The molecule has 24 heavy (non-hydrogen) atoms. The zero-order valence-corrected chi connectivity index (χ0v) is 13.9. The molecule has 7 N–H and O–H groups in total. The number of aliphatic carboxylic acids is 1. The molecule has 7 nitrogen and oxygen atoms in total. The Morgan fingerprint density at radius 2 is 1.88 bits per heavy atom. The molecule has 0 spiro atoms. The van der Waals surface area contributed by atoms with Gasteiger partial charge in [0.1, 0.15) is 0 Å². The van der Waals surface area contributed by atoms with Crippen LogP contribution in [0.3, 0.4) is 0 Å². The second-order valence-electron chi connectivity index (χ2n) is 6.08. The summed E-state index contributed by atoms with van der Waals surface area (Å²) < 4.78 is 0. The Hall–Kier alpha value is -2.28. The second-order valence-corrected chi connectivity index (χ2v) is 6.08. The number of hydrogen-bond donors (Lipinski definition) is 5. The predicted molar refractivity (Wildman–Crippen MR) is 89.4 cm³/mol. The van der Waals surface area contributed by atoms with E-state index < -0.39 is 23.2 Å². The van der Waals surface area contributed by atoms with E-state index in [0.29, 0.717) is 18.4 Å². The number of hydrogen-bond acceptors (Lipinski definition) is 5. The van der Waals surface area contributed by atoms with Crippen LogP contribution in [0.4, 0.5) is 0 Å². The zero-order valence-electron chi connectivity index (χ0n) is 13.9. The Kier molecular flexibility index (Phi) is 7.03. The smallest absolute Gasteiger partial charge is 0.307 e. The van der Waals surface area contributed by atoms with Crippen LogP contribution in [0, 0.1) is 11.3 Å². The standard InChI is InChI=1S/C17H26N2O5/c1-2-3-6-17(7-8-18,16(19)24)12(15(22)23)9-11-4-5-13(20)14(21)10-11/h4-5,10,12,20-21H,2-3,6-9,18H2,1H3,(H2,19,24)(H,22,23). The summed E-state index contributed by atoms with van der Waals surface area (Å²) in [5, 5.41) is 28.7. The fraction of sp³-hybridized carbons (Fsp3) is 0.529. The van der Waals surface area contributed by atoms with E-state index >= 15 is 0 Å². The Bertz CT molecular complexity index is 590. The first kappa shape index (κ1) is 19.8. The number of aromatic hydroxyl groups is 2. The van der Waals surface area contributed by atoms with Gasteiger partial charge in [0.25, 0.3) is 0 Å². The summed E-state index contributed by atoms with van der Waals surface area (Å²) in [5.74, 6) is -3.50. The third kappa shape index (κ3) is 4.38. The van der Waals surface area contributed by atoms with Crippen LogP contribution < -0.4 is 11.5 Å². The van der Waals surface area contributed by atoms with Crippen LogP contribution in [0.1, 0.15) is 38.2 Å². The van der Waals surface area contributed by atoms with Crippen molar-refractivity contribution in [2.75, 3.05) is 6.54 Å². The molecule has 0 aromatic heterocycles. The minimum absolute atomic E-state index is 0.00975. The number of amides is 1. The van der Waals surface area contributed by atoms with E-state index in [9.17, 15) is 24.9 Å². The molecule has 1 aromatic rings. The highest BCUT2D eigenvalue weighted by atomic mass is 16.4. The van der Waals surface area contributed by atoms with Gasteiger partial charge < -0.3 is 26.8 Å². The predicted octanol–water partition coefficient (Wildman–Crippen LogP) is 1.35. The van der Waals surface area contributed by atoms with Gasteiger partial charge in [-0.1, -0.05) is 25.8 Å². The van der Waals surface area contributed by atoms with Gasteiger partial charge in [-0.25, -0.2) is 0 Å². The lowest BCUT2D eigenvalue weighted by atomic mass is 9.66. The molecule has 0 fully saturated rings. The number of nitrogens with two attached hydrogens (primary N) is 2. The summed E-state index contributed by atoms with van der Waals surface area (Å²) in [6.45, 7) is 2.10. The Morgan fingerprint density at radius 3 is 2.33 bits per heavy atom. The molecular weight excluding hydrogens is 312 g/mol. The highest BCUT2D eigenvalue weighted by molar-refractivity contribution is 5.87. The van der Waals surface area contributed by atoms with Crippen LogP contribution in [0.5, 0.6) is 11.5 Å². The van der Waals surface area contributed by atoms with Gasteiger partial charge in [-0.15, -0.1) is 0 Å². The van der Waals surface area contributed by atoms with Gasteiger partial charge in [-0.3, -0.25) is 9.59 Å². The number of carboxylic acids is 1. The number of primary amides is 1. The van der Waals surface area contributed by atoms with Gasteiger partial charge in [0.15, 0.2) is 11.5 Å². The van der Waals surface area contributed by atoms with E-state index in [0.717, 1.165) is 6.42 Å². The second kappa shape index (κ2) is 8.54. The van der Waals surface area contributed by atoms with E-state index in [1.165, 1.54) is 18.2 Å². The number of carboxylic acid groups (broad SMARTS) is 1. The summed E-state index contributed by atoms with van der Waals surface area (Å²) in [6, 6.07) is 4.09. The molecule has 0 radical (unpaired) electrons. The van der Waals surface area contributed by atoms with Crippen molar-refractivity contribution in [2.24, 2.45) is 22.8 Å². The lowest BCUT2D eigenvalue weighted by Gasteiger charge is -2.36. The number of carbonyl (C=O) groups excluding carboxylic acids is 1. The molecule has 1 amide bonds. The van der Waals surface area contributed by atoms with Crippen molar-refractivity contribution in [1.82, 2.24) is 0 Å². The van der Waals surface area contributed by atoms with Crippen molar-refractivity contribution in [2.45, 2.75) is 39.0 Å². The molecule has 0 aliphatic carbocycles. The first-order chi connectivity index (χ1) is 11.3. The Balaban J connectivity index is 3.26. The van der Waals surface area contributed by atoms with Gasteiger partial charge in [-0.2, -0.15) is 0 Å². The molecule has 0 saturated carbocycles. The summed E-state index contributed by atoms with van der Waals surface area (Å²) in [7, 11) is 0. The third-order valence-corrected chi connectivity index (χ3v) is 4.50. The molecule has 2 atom stereocenters. The summed E-state index contributed by atoms with van der Waals surface area (Å²) in [6.07, 6.45) is 2.00. The topological polar surface area (TPSA) is 147 Å². The highest BCUT2D eigenvalue weighted by Crippen LogP contribution is 2.40. The van der Waals surface area contributed by atoms with Crippen molar-refractivity contribution in [3.63, 3.8) is 0 Å². The fourth-order valence-corrected chi connectivity index (χ4v) is 3.09. The van der Waals surface area contributed by atoms with Crippen LogP contribution in [-0.2, 0) is 16.0 Å². The minimum atomic E-state index is -1.25. The van der Waals surface area contributed by atoms with Gasteiger partial charge in [0.05, 0.1) is 11.3 Å². The lowest BCUT2D eigenvalue weighted by molar-refractivity contribution is -0.153. The van der Waals surface area contributed by atoms with Crippen LogP contribution in [0.15, 0.2) is 18.2 Å². The van der Waals surface area contributed by atoms with Crippen LogP contribution >= 0.6 is 0 Å². The lowest BCUT2D eigenvalue weighted by Crippen LogP contribution is -2.48. The molecule has 0 bridgehead atoms. The van der Waals surface area contributed by atoms with E-state index in [-0.39, 0.29) is 30.9 Å². The molecular formula is C17H26N2O5. The fourth-order valence-electron chi connectivity index (χ4n) is 3.09. The molecule has 1 aromatic carbocycles. The summed E-state index contributed by atoms with van der Waals surface area (Å²) in [4.78, 5) is 24.1. The average molecular weight is 338 g/mol. The number of rotatable bonds is 10. The molecule has 7 heteroatoms. The molecule has 0 saturated heterocycles. The van der Waals surface area contributed by atoms with Gasteiger partial charge in [-0.05, 0) is 43.5 Å². The minimum Gasteiger partial charge on any atom is -0.504 e. The maximum absolute atomic E-state index is 12.2. The number of phenolic OH excluding ortho intramolecular Hbond substituents is 2. The van der Waals surface area contributed by atoms with Crippen molar-refractivity contribution < 1.29 is 24.9 Å². The molecule has 0 aliphatic rings. The van der Waals surface area contributed by atoms with Gasteiger partial charge in [0.2, 0.25) is 5.91 Å². The maximum Gasteiger partial charge on any atom is 0.307 e. The Morgan fingerprint density at radius 1 is 1.21 bits per heavy atom. The van der Waals surface area contributed by atoms with Crippen molar-refractivity contribution in [3.8, 4) is 11.5 Å². The first-order valence-electron chi connectivity index (χ1n) is 8.02. The van der Waals surface area contributed by atoms with Crippen LogP contribution in [0.25, 0.3) is 0 Å². The van der Waals surface area contributed by atoms with E-state index in [4.69, 9.17) is 11.5 Å². The molecule has 0 heterocycles. The zero-order chi connectivity index (χ0) is 18.3. The highest BCUT2D eigenvalue weighted by Gasteiger charge is 2.46. The largest absolute Gasteiger partial charge is 0.504 e. The molecule has 1 rings (SSSR count). The first-order valence-corrected chi connectivity index (χ1v) is 8.02. The number of unbranched alkanes of at least 4 members (excludes halogenated alkanes) is 1. The quantitative estimate of drug-likeness (QED) is 0.407. The summed E-state index contributed by atoms with van der Waals surface area (Å²) in [5.41, 5.74) is 10.5.